The highest BCUT2D eigenvalue weighted by molar-refractivity contribution is 7.85. The summed E-state index contributed by atoms with van der Waals surface area (Å²) >= 11 is 0. The lowest BCUT2D eigenvalue weighted by atomic mass is 9.98. The van der Waals surface area contributed by atoms with Crippen LogP contribution in [-0.2, 0) is 14.3 Å². The molecule has 1 aliphatic rings. The zero-order chi connectivity index (χ0) is 13.9. The first-order valence-electron chi connectivity index (χ1n) is 6.46. The molecule has 0 radical (unpaired) electrons. The van der Waals surface area contributed by atoms with Crippen molar-refractivity contribution in [1.29, 1.82) is 0 Å². The number of piperidine rings is 1. The highest BCUT2D eigenvalue weighted by atomic mass is 32.2. The number of rotatable bonds is 4. The minimum atomic E-state index is -3.32. The Morgan fingerprint density at radius 3 is 2.68 bits per heavy atom. The number of hydrogen-bond donors (Lipinski definition) is 0. The van der Waals surface area contributed by atoms with Crippen LogP contribution in [0.1, 0.15) is 18.4 Å². The van der Waals surface area contributed by atoms with Gasteiger partial charge in [0.25, 0.3) is 10.1 Å². The second-order valence-corrected chi connectivity index (χ2v) is 6.75. The normalized spacial score (nSPS) is 17.7. The van der Waals surface area contributed by atoms with Gasteiger partial charge >= 0.3 is 0 Å². The van der Waals surface area contributed by atoms with Crippen molar-refractivity contribution in [3.63, 3.8) is 0 Å². The molecular formula is C13H20N2O3S. The summed E-state index contributed by atoms with van der Waals surface area (Å²) in [4.78, 5) is 6.61. The van der Waals surface area contributed by atoms with Crippen molar-refractivity contribution in [2.75, 3.05) is 30.9 Å². The molecule has 0 spiro atoms. The summed E-state index contributed by atoms with van der Waals surface area (Å²) in [5.41, 5.74) is 1.20. The van der Waals surface area contributed by atoms with E-state index in [0.29, 0.717) is 12.5 Å². The summed E-state index contributed by atoms with van der Waals surface area (Å²) in [7, 11) is -3.32. The van der Waals surface area contributed by atoms with Crippen molar-refractivity contribution < 1.29 is 12.6 Å². The first-order valence-corrected chi connectivity index (χ1v) is 8.28. The molecule has 6 heteroatoms. The van der Waals surface area contributed by atoms with E-state index in [2.05, 4.69) is 22.9 Å². The Hall–Kier alpha value is -1.14. The summed E-state index contributed by atoms with van der Waals surface area (Å²) in [6, 6.07) is 4.06. The molecule has 1 aliphatic heterocycles. The lowest BCUT2D eigenvalue weighted by Crippen LogP contribution is -2.35. The largest absolute Gasteiger partial charge is 0.357 e. The van der Waals surface area contributed by atoms with E-state index >= 15 is 0 Å². The maximum atomic E-state index is 11.0. The number of anilines is 1. The maximum absolute atomic E-state index is 11.0. The minimum absolute atomic E-state index is 0.300. The van der Waals surface area contributed by atoms with Gasteiger partial charge in [0.05, 0.1) is 12.9 Å². The topological polar surface area (TPSA) is 59.5 Å². The molecule has 1 saturated heterocycles. The maximum Gasteiger partial charge on any atom is 0.264 e. The van der Waals surface area contributed by atoms with Crippen molar-refractivity contribution in [2.24, 2.45) is 5.92 Å². The zero-order valence-corrected chi connectivity index (χ0v) is 12.2. The van der Waals surface area contributed by atoms with Crippen LogP contribution < -0.4 is 4.90 Å². The highest BCUT2D eigenvalue weighted by Gasteiger charge is 2.21. The van der Waals surface area contributed by atoms with Crippen molar-refractivity contribution in [3.05, 3.63) is 23.9 Å². The van der Waals surface area contributed by atoms with Crippen LogP contribution in [0.15, 0.2) is 18.3 Å². The van der Waals surface area contributed by atoms with Gasteiger partial charge < -0.3 is 4.90 Å². The second kappa shape index (κ2) is 5.88. The van der Waals surface area contributed by atoms with Gasteiger partial charge in [0.1, 0.15) is 5.82 Å². The molecule has 0 aromatic carbocycles. The molecule has 5 nitrogen and oxygen atoms in total. The Morgan fingerprint density at radius 2 is 2.11 bits per heavy atom. The summed E-state index contributed by atoms with van der Waals surface area (Å²) in [6.07, 6.45) is 4.79. The van der Waals surface area contributed by atoms with E-state index < -0.39 is 10.1 Å². The summed E-state index contributed by atoms with van der Waals surface area (Å²) in [5, 5.41) is 0. The molecule has 0 aliphatic carbocycles. The molecule has 0 atom stereocenters. The molecule has 0 bridgehead atoms. The van der Waals surface area contributed by atoms with Crippen molar-refractivity contribution >= 4 is 15.9 Å². The lowest BCUT2D eigenvalue weighted by Gasteiger charge is -2.32. The number of nitrogens with zero attached hydrogens (tertiary/aromatic N) is 2. The quantitative estimate of drug-likeness (QED) is 0.786. The first-order chi connectivity index (χ1) is 8.94. The van der Waals surface area contributed by atoms with Gasteiger partial charge in [-0.15, -0.1) is 0 Å². The third-order valence-electron chi connectivity index (χ3n) is 3.36. The number of aryl methyl sites for hydroxylation is 1. The molecule has 2 heterocycles. The SMILES string of the molecule is Cc1ccnc(N2CCC(COS(C)(=O)=O)CC2)c1. The molecular weight excluding hydrogens is 264 g/mol. The van der Waals surface area contributed by atoms with E-state index in [1.807, 2.05) is 12.3 Å². The molecule has 19 heavy (non-hydrogen) atoms. The number of hydrogen-bond acceptors (Lipinski definition) is 5. The summed E-state index contributed by atoms with van der Waals surface area (Å²) < 4.78 is 26.8. The van der Waals surface area contributed by atoms with Crippen LogP contribution in [0.25, 0.3) is 0 Å². The molecule has 0 saturated carbocycles. The Balaban J connectivity index is 1.86. The number of aromatic nitrogens is 1. The van der Waals surface area contributed by atoms with Crippen LogP contribution in [0.3, 0.4) is 0 Å². The average Bonchev–Trinajstić information content (AvgIpc) is 2.36. The van der Waals surface area contributed by atoms with Crippen LogP contribution in [0.5, 0.6) is 0 Å². The van der Waals surface area contributed by atoms with Crippen molar-refractivity contribution in [1.82, 2.24) is 4.98 Å². The smallest absolute Gasteiger partial charge is 0.264 e. The Kier molecular flexibility index (Phi) is 4.42. The standard InChI is InChI=1S/C13H20N2O3S/c1-11-3-6-14-13(9-11)15-7-4-12(5-8-15)10-18-19(2,16)17/h3,6,9,12H,4-5,7-8,10H2,1-2H3. The van der Waals surface area contributed by atoms with E-state index in [-0.39, 0.29) is 0 Å². The van der Waals surface area contributed by atoms with Gasteiger partial charge in [-0.1, -0.05) is 0 Å². The Labute approximate surface area is 114 Å². The Bertz CT molecular complexity index is 522. The fourth-order valence-corrected chi connectivity index (χ4v) is 2.68. The third-order valence-corrected chi connectivity index (χ3v) is 3.92. The molecule has 1 fully saturated rings. The average molecular weight is 284 g/mol. The van der Waals surface area contributed by atoms with E-state index in [0.717, 1.165) is 38.0 Å². The van der Waals surface area contributed by atoms with E-state index in [1.165, 1.54) is 5.56 Å². The van der Waals surface area contributed by atoms with Crippen LogP contribution in [0.2, 0.25) is 0 Å². The third kappa shape index (κ3) is 4.47. The van der Waals surface area contributed by atoms with Gasteiger partial charge in [-0.3, -0.25) is 4.18 Å². The van der Waals surface area contributed by atoms with Gasteiger partial charge in [0.15, 0.2) is 0 Å². The van der Waals surface area contributed by atoms with E-state index in [1.54, 1.807) is 0 Å². The second-order valence-electron chi connectivity index (χ2n) is 5.11. The lowest BCUT2D eigenvalue weighted by molar-refractivity contribution is 0.229. The fourth-order valence-electron chi connectivity index (χ4n) is 2.24. The zero-order valence-electron chi connectivity index (χ0n) is 11.4. The molecule has 0 N–H and O–H groups in total. The Morgan fingerprint density at radius 1 is 1.42 bits per heavy atom. The molecule has 0 amide bonds. The van der Waals surface area contributed by atoms with Gasteiger partial charge in [0.2, 0.25) is 0 Å². The first kappa shape index (κ1) is 14.3. The van der Waals surface area contributed by atoms with Crippen LogP contribution >= 0.6 is 0 Å². The molecule has 2 rings (SSSR count). The monoisotopic (exact) mass is 284 g/mol. The highest BCUT2D eigenvalue weighted by Crippen LogP contribution is 2.22. The van der Waals surface area contributed by atoms with E-state index in [4.69, 9.17) is 4.18 Å². The van der Waals surface area contributed by atoms with Crippen LogP contribution in [0.4, 0.5) is 5.82 Å². The predicted octanol–water partition coefficient (Wildman–Crippen LogP) is 1.58. The summed E-state index contributed by atoms with van der Waals surface area (Å²) in [6.45, 7) is 4.15. The van der Waals surface area contributed by atoms with Crippen LogP contribution in [0, 0.1) is 12.8 Å². The fraction of sp³-hybridized carbons (Fsp3) is 0.615. The minimum Gasteiger partial charge on any atom is -0.357 e. The van der Waals surface area contributed by atoms with Crippen molar-refractivity contribution in [2.45, 2.75) is 19.8 Å². The predicted molar refractivity (Wildman–Crippen MR) is 74.7 cm³/mol. The molecule has 1 aromatic rings. The molecule has 0 unspecified atom stereocenters. The number of pyridine rings is 1. The van der Waals surface area contributed by atoms with E-state index in [9.17, 15) is 8.42 Å². The summed E-state index contributed by atoms with van der Waals surface area (Å²) in [5.74, 6) is 1.32. The van der Waals surface area contributed by atoms with Crippen LogP contribution in [-0.4, -0.2) is 39.4 Å². The van der Waals surface area contributed by atoms with Gasteiger partial charge in [0, 0.05) is 19.3 Å². The molecule has 106 valence electrons. The van der Waals surface area contributed by atoms with Gasteiger partial charge in [-0.25, -0.2) is 4.98 Å². The van der Waals surface area contributed by atoms with Crippen molar-refractivity contribution in [3.8, 4) is 0 Å². The van der Waals surface area contributed by atoms with Gasteiger partial charge in [-0.2, -0.15) is 8.42 Å². The molecule has 1 aromatic heterocycles. The van der Waals surface area contributed by atoms with Gasteiger partial charge in [-0.05, 0) is 43.4 Å².